The first-order chi connectivity index (χ1) is 32.0. The molecule has 2 aliphatic heterocycles. The van der Waals surface area contributed by atoms with Gasteiger partial charge in [-0.3, -0.25) is 24.5 Å². The molecule has 0 radical (unpaired) electrons. The summed E-state index contributed by atoms with van der Waals surface area (Å²) in [4.78, 5) is 32.9. The standard InChI is InChI=1S/C26H27N5O2.C23H22F2N6O2/c1-18-16-19(31-14-12-30(2)13-15-31)8-10-22(18)26(32)27-25-23-17-21(9-11-24(23)28-29-25)33-20-6-4-3-5-7-20;1-30-6-4-17(5-7-30)31-13-14(12-26-31)23(32)27-22-20-11-18(2-3-21(20)28-29-22)33-19-9-15(24)8-16(25)10-19/h3-11,16-17H,12-15H2,1-2H3,(H2,27,28,29,32);2-3,8-13,17H,4-7H2,1H3,(H2,27,28,29,32). The second-order valence-corrected chi connectivity index (χ2v) is 16.6. The van der Waals surface area contributed by atoms with Crippen LogP contribution in [0, 0.1) is 18.6 Å². The lowest BCUT2D eigenvalue weighted by molar-refractivity contribution is 0.101. The maximum Gasteiger partial charge on any atom is 0.260 e. The average molecular weight is 894 g/mol. The molecule has 2 aliphatic rings. The van der Waals surface area contributed by atoms with Gasteiger partial charge in [-0.2, -0.15) is 15.3 Å². The predicted octanol–water partition coefficient (Wildman–Crippen LogP) is 9.02. The third-order valence-corrected chi connectivity index (χ3v) is 11.8. The number of benzene rings is 5. The quantitative estimate of drug-likeness (QED) is 0.104. The van der Waals surface area contributed by atoms with E-state index < -0.39 is 11.6 Å². The van der Waals surface area contributed by atoms with Gasteiger partial charge in [0.05, 0.1) is 28.8 Å². The molecule has 8 aromatic rings. The van der Waals surface area contributed by atoms with Crippen LogP contribution < -0.4 is 25.0 Å². The molecular formula is C49H49F2N11O4. The highest BCUT2D eigenvalue weighted by Crippen LogP contribution is 2.32. The minimum atomic E-state index is -0.733. The Hall–Kier alpha value is -7.63. The number of likely N-dealkylation sites (N-methyl/N-ethyl adjacent to an activating group) is 1. The van der Waals surface area contributed by atoms with Crippen LogP contribution in [0.3, 0.4) is 0 Å². The van der Waals surface area contributed by atoms with Crippen molar-refractivity contribution in [2.24, 2.45) is 0 Å². The van der Waals surface area contributed by atoms with Crippen molar-refractivity contribution in [3.63, 3.8) is 0 Å². The number of ether oxygens (including phenoxy) is 2. The van der Waals surface area contributed by atoms with Gasteiger partial charge in [-0.1, -0.05) is 18.2 Å². The molecule has 2 saturated heterocycles. The lowest BCUT2D eigenvalue weighted by Gasteiger charge is -2.34. The van der Waals surface area contributed by atoms with Crippen molar-refractivity contribution >= 4 is 50.9 Å². The van der Waals surface area contributed by atoms with Crippen molar-refractivity contribution in [3.05, 3.63) is 144 Å². The summed E-state index contributed by atoms with van der Waals surface area (Å²) in [5, 5.41) is 25.8. The lowest BCUT2D eigenvalue weighted by atomic mass is 10.1. The zero-order valence-corrected chi connectivity index (χ0v) is 36.7. The molecule has 66 heavy (non-hydrogen) atoms. The van der Waals surface area contributed by atoms with Crippen LogP contribution in [0.5, 0.6) is 23.0 Å². The van der Waals surface area contributed by atoms with Crippen LogP contribution in [0.2, 0.25) is 0 Å². The summed E-state index contributed by atoms with van der Waals surface area (Å²) >= 11 is 0. The van der Waals surface area contributed by atoms with E-state index in [0.717, 1.165) is 98.2 Å². The molecule has 0 atom stereocenters. The summed E-state index contributed by atoms with van der Waals surface area (Å²) < 4.78 is 40.3. The van der Waals surface area contributed by atoms with Gasteiger partial charge in [0.15, 0.2) is 11.6 Å². The molecule has 10 rings (SSSR count). The highest BCUT2D eigenvalue weighted by Gasteiger charge is 2.22. The third kappa shape index (κ3) is 10.2. The summed E-state index contributed by atoms with van der Waals surface area (Å²) in [6.45, 7) is 8.05. The Labute approximate surface area is 379 Å². The number of piperazine rings is 1. The third-order valence-electron chi connectivity index (χ3n) is 11.8. The minimum absolute atomic E-state index is 0.0299. The number of carbonyl (C=O) groups is 2. The van der Waals surface area contributed by atoms with Gasteiger partial charge in [-0.25, -0.2) is 8.78 Å². The minimum Gasteiger partial charge on any atom is -0.457 e. The summed E-state index contributed by atoms with van der Waals surface area (Å²) in [6, 6.07) is 29.5. The summed E-state index contributed by atoms with van der Waals surface area (Å²) in [5.74, 6) is 0.628. The van der Waals surface area contributed by atoms with E-state index in [1.54, 1.807) is 30.6 Å². The molecule has 0 aliphatic carbocycles. The Morgan fingerprint density at radius 3 is 1.86 bits per heavy atom. The van der Waals surface area contributed by atoms with Gasteiger partial charge in [-0.05, 0) is 119 Å². The molecule has 15 nitrogen and oxygen atoms in total. The SMILES string of the molecule is CN1CCC(n2cc(C(=O)Nc3n[nH]c4ccc(Oc5cc(F)cc(F)c5)cc34)cn2)CC1.Cc1cc(N2CCN(C)CC2)ccc1C(=O)Nc1n[nH]c2ccc(Oc3ccccc3)cc12. The number of carbonyl (C=O) groups excluding carboxylic acids is 2. The number of anilines is 3. The number of piperidine rings is 1. The molecule has 5 aromatic carbocycles. The number of para-hydroxylation sites is 1. The number of rotatable bonds is 10. The number of fused-ring (bicyclic) bond motifs is 2. The van der Waals surface area contributed by atoms with E-state index in [2.05, 4.69) is 71.0 Å². The highest BCUT2D eigenvalue weighted by atomic mass is 19.1. The first-order valence-electron chi connectivity index (χ1n) is 21.7. The van der Waals surface area contributed by atoms with Gasteiger partial charge < -0.3 is 34.8 Å². The van der Waals surface area contributed by atoms with Crippen LogP contribution >= 0.6 is 0 Å². The van der Waals surface area contributed by atoms with Crippen molar-refractivity contribution in [1.82, 2.24) is 40.0 Å². The van der Waals surface area contributed by atoms with Gasteiger partial charge in [0.25, 0.3) is 11.8 Å². The molecule has 338 valence electrons. The van der Waals surface area contributed by atoms with Gasteiger partial charge in [0, 0.05) is 72.6 Å². The fourth-order valence-electron chi connectivity index (χ4n) is 8.08. The Balaban J connectivity index is 0.000000166. The Morgan fingerprint density at radius 1 is 0.652 bits per heavy atom. The van der Waals surface area contributed by atoms with E-state index >= 15 is 0 Å². The number of H-pyrrole nitrogens is 2. The number of aromatic nitrogens is 6. The molecule has 17 heteroatoms. The molecule has 2 fully saturated rings. The molecule has 5 heterocycles. The van der Waals surface area contributed by atoms with E-state index in [0.29, 0.717) is 45.2 Å². The van der Waals surface area contributed by atoms with E-state index in [9.17, 15) is 18.4 Å². The smallest absolute Gasteiger partial charge is 0.260 e. The zero-order valence-electron chi connectivity index (χ0n) is 36.7. The molecule has 4 N–H and O–H groups in total. The van der Waals surface area contributed by atoms with Crippen LogP contribution in [-0.4, -0.2) is 105 Å². The number of amides is 2. The second kappa shape index (κ2) is 19.2. The predicted molar refractivity (Wildman–Crippen MR) is 250 cm³/mol. The number of halogens is 2. The number of likely N-dealkylation sites (tertiary alicyclic amines) is 1. The van der Waals surface area contributed by atoms with Crippen LogP contribution in [0.4, 0.5) is 26.1 Å². The largest absolute Gasteiger partial charge is 0.457 e. The van der Waals surface area contributed by atoms with Crippen molar-refractivity contribution in [2.75, 3.05) is 68.9 Å². The molecule has 3 aromatic heterocycles. The first kappa shape index (κ1) is 43.6. The fourth-order valence-corrected chi connectivity index (χ4v) is 8.08. The van der Waals surface area contributed by atoms with Crippen LogP contribution in [0.15, 0.2) is 116 Å². The fraction of sp³-hybridized carbons (Fsp3) is 0.245. The van der Waals surface area contributed by atoms with Gasteiger partial charge >= 0.3 is 0 Å². The Morgan fingerprint density at radius 2 is 1.24 bits per heavy atom. The number of nitrogens with zero attached hydrogens (tertiary/aromatic N) is 7. The second-order valence-electron chi connectivity index (χ2n) is 16.6. The van der Waals surface area contributed by atoms with Gasteiger partial charge in [0.1, 0.15) is 34.6 Å². The topological polar surface area (TPSA) is 162 Å². The summed E-state index contributed by atoms with van der Waals surface area (Å²) in [6.07, 6.45) is 5.28. The average Bonchev–Trinajstić information content (AvgIpc) is 4.07. The van der Waals surface area contributed by atoms with E-state index in [-0.39, 0.29) is 23.6 Å². The van der Waals surface area contributed by atoms with Crippen molar-refractivity contribution < 1.29 is 27.8 Å². The lowest BCUT2D eigenvalue weighted by Crippen LogP contribution is -2.44. The van der Waals surface area contributed by atoms with Crippen LogP contribution in [-0.2, 0) is 0 Å². The van der Waals surface area contributed by atoms with E-state index in [4.69, 9.17) is 9.47 Å². The van der Waals surface area contributed by atoms with Crippen molar-refractivity contribution in [1.29, 1.82) is 0 Å². The maximum absolute atomic E-state index is 13.4. The molecule has 0 spiro atoms. The molecule has 0 bridgehead atoms. The van der Waals surface area contributed by atoms with Crippen LogP contribution in [0.1, 0.15) is 45.2 Å². The van der Waals surface area contributed by atoms with Crippen LogP contribution in [0.25, 0.3) is 21.8 Å². The number of hydrogen-bond acceptors (Lipinski definition) is 10. The molecule has 2 amide bonds. The highest BCUT2D eigenvalue weighted by molar-refractivity contribution is 6.09. The number of hydrogen-bond donors (Lipinski definition) is 4. The van der Waals surface area contributed by atoms with Gasteiger partial charge in [-0.15, -0.1) is 0 Å². The molecule has 0 saturated carbocycles. The number of aromatic amines is 2. The Kier molecular flexibility index (Phi) is 12.7. The van der Waals surface area contributed by atoms with Crippen molar-refractivity contribution in [3.8, 4) is 23.0 Å². The summed E-state index contributed by atoms with van der Waals surface area (Å²) in [5.41, 5.74) is 4.67. The normalized spacial score (nSPS) is 14.8. The van der Waals surface area contributed by atoms with E-state index in [1.807, 2.05) is 72.3 Å². The zero-order chi connectivity index (χ0) is 45.7. The van der Waals surface area contributed by atoms with Gasteiger partial charge in [0.2, 0.25) is 0 Å². The van der Waals surface area contributed by atoms with E-state index in [1.165, 1.54) is 0 Å². The molecular weight excluding hydrogens is 845 g/mol. The molecule has 0 unspecified atom stereocenters. The number of nitrogens with one attached hydrogen (secondary N) is 4. The van der Waals surface area contributed by atoms with Crippen molar-refractivity contribution in [2.45, 2.75) is 25.8 Å². The monoisotopic (exact) mass is 893 g/mol. The summed E-state index contributed by atoms with van der Waals surface area (Å²) in [7, 11) is 4.24. The Bertz CT molecular complexity index is 2970. The number of aryl methyl sites for hydroxylation is 1. The maximum atomic E-state index is 13.4. The first-order valence-corrected chi connectivity index (χ1v) is 21.7.